The first-order valence-corrected chi connectivity index (χ1v) is 5.55. The quantitative estimate of drug-likeness (QED) is 0.776. The summed E-state index contributed by atoms with van der Waals surface area (Å²) >= 11 is 11.5. The van der Waals surface area contributed by atoms with E-state index in [0.717, 1.165) is 5.52 Å². The molecule has 2 rings (SSSR count). The van der Waals surface area contributed by atoms with Crippen LogP contribution in [0.2, 0.25) is 5.02 Å². The molecule has 0 spiro atoms. The van der Waals surface area contributed by atoms with Crippen LogP contribution in [0, 0.1) is 5.82 Å². The van der Waals surface area contributed by atoms with Gasteiger partial charge in [-0.2, -0.15) is 0 Å². The number of fused-ring (bicyclic) bond motifs is 1. The van der Waals surface area contributed by atoms with Gasteiger partial charge < -0.3 is 5.01 Å². The Morgan fingerprint density at radius 1 is 1.44 bits per heavy atom. The molecule has 0 aliphatic rings. The molecule has 1 aromatic carbocycles. The molecule has 1 aromatic heterocycles. The van der Waals surface area contributed by atoms with Crippen molar-refractivity contribution < 1.29 is 4.39 Å². The number of nitrogens with zero attached hydrogens (tertiary/aromatic N) is 3. The SMILES string of the molecule is CN(C)n1c(CCl)nc2cc(F)c(Cl)cc21. The van der Waals surface area contributed by atoms with Gasteiger partial charge >= 0.3 is 0 Å². The lowest BCUT2D eigenvalue weighted by molar-refractivity contribution is 0.629. The van der Waals surface area contributed by atoms with Crippen LogP contribution in [-0.2, 0) is 5.88 Å². The van der Waals surface area contributed by atoms with E-state index >= 15 is 0 Å². The maximum Gasteiger partial charge on any atom is 0.144 e. The van der Waals surface area contributed by atoms with E-state index in [-0.39, 0.29) is 10.9 Å². The topological polar surface area (TPSA) is 21.1 Å². The third-order valence-corrected chi connectivity index (χ3v) is 2.79. The molecule has 0 amide bonds. The second-order valence-electron chi connectivity index (χ2n) is 3.58. The van der Waals surface area contributed by atoms with Crippen LogP contribution in [0.1, 0.15) is 5.82 Å². The Labute approximate surface area is 102 Å². The number of hydrogen-bond donors (Lipinski definition) is 0. The predicted molar refractivity (Wildman–Crippen MR) is 64.3 cm³/mol. The zero-order chi connectivity index (χ0) is 11.9. The van der Waals surface area contributed by atoms with Crippen LogP contribution < -0.4 is 5.01 Å². The monoisotopic (exact) mass is 261 g/mol. The first kappa shape index (κ1) is 11.5. The van der Waals surface area contributed by atoms with Crippen molar-refractivity contribution in [1.29, 1.82) is 0 Å². The molecular formula is C10H10Cl2FN3. The van der Waals surface area contributed by atoms with Gasteiger partial charge in [-0.1, -0.05) is 11.6 Å². The van der Waals surface area contributed by atoms with E-state index in [1.807, 2.05) is 19.1 Å². The average molecular weight is 262 g/mol. The number of rotatable bonds is 2. The Hall–Kier alpha value is -1.00. The lowest BCUT2D eigenvalue weighted by atomic mass is 10.3. The number of alkyl halides is 1. The van der Waals surface area contributed by atoms with Crippen molar-refractivity contribution in [3.05, 3.63) is 28.8 Å². The Bertz CT molecular complexity index is 536. The zero-order valence-corrected chi connectivity index (χ0v) is 10.3. The average Bonchev–Trinajstić information content (AvgIpc) is 2.56. The van der Waals surface area contributed by atoms with Crippen LogP contribution in [-0.4, -0.2) is 23.8 Å². The number of imidazole rings is 1. The van der Waals surface area contributed by atoms with Crippen LogP contribution in [0.5, 0.6) is 0 Å². The second kappa shape index (κ2) is 4.11. The highest BCUT2D eigenvalue weighted by Gasteiger charge is 2.13. The Kier molecular flexibility index (Phi) is 2.95. The minimum atomic E-state index is -0.473. The van der Waals surface area contributed by atoms with Gasteiger partial charge in [0.15, 0.2) is 0 Å². The van der Waals surface area contributed by atoms with Crippen LogP contribution in [0.3, 0.4) is 0 Å². The number of hydrogen-bond acceptors (Lipinski definition) is 2. The molecule has 86 valence electrons. The van der Waals surface area contributed by atoms with Crippen molar-refractivity contribution in [3.8, 4) is 0 Å². The molecule has 1 heterocycles. The molecule has 0 saturated heterocycles. The van der Waals surface area contributed by atoms with E-state index < -0.39 is 5.82 Å². The standard InChI is InChI=1S/C10H10Cl2FN3/c1-15(2)16-9-3-6(12)7(13)4-8(9)14-10(16)5-11/h3-4H,5H2,1-2H3. The zero-order valence-electron chi connectivity index (χ0n) is 8.84. The third-order valence-electron chi connectivity index (χ3n) is 2.26. The molecule has 0 aliphatic carbocycles. The molecule has 16 heavy (non-hydrogen) atoms. The maximum absolute atomic E-state index is 13.3. The molecule has 6 heteroatoms. The van der Waals surface area contributed by atoms with E-state index in [9.17, 15) is 4.39 Å². The molecule has 0 radical (unpaired) electrons. The predicted octanol–water partition coefficient (Wildman–Crippen LogP) is 2.77. The Morgan fingerprint density at radius 2 is 2.12 bits per heavy atom. The fraction of sp³-hybridized carbons (Fsp3) is 0.300. The molecule has 0 fully saturated rings. The van der Waals surface area contributed by atoms with Crippen molar-refractivity contribution in [3.63, 3.8) is 0 Å². The summed E-state index contributed by atoms with van der Waals surface area (Å²) in [5.41, 5.74) is 1.29. The van der Waals surface area contributed by atoms with Gasteiger partial charge in [0.25, 0.3) is 0 Å². The van der Waals surface area contributed by atoms with Crippen LogP contribution in [0.15, 0.2) is 12.1 Å². The van der Waals surface area contributed by atoms with E-state index in [4.69, 9.17) is 23.2 Å². The van der Waals surface area contributed by atoms with Crippen molar-refractivity contribution in [2.24, 2.45) is 0 Å². The Balaban J connectivity index is 2.79. The lowest BCUT2D eigenvalue weighted by Gasteiger charge is -2.17. The van der Waals surface area contributed by atoms with Crippen LogP contribution in [0.4, 0.5) is 4.39 Å². The van der Waals surface area contributed by atoms with Crippen molar-refractivity contribution in [1.82, 2.24) is 9.66 Å². The lowest BCUT2D eigenvalue weighted by Crippen LogP contribution is -2.26. The molecule has 0 unspecified atom stereocenters. The smallest absolute Gasteiger partial charge is 0.144 e. The van der Waals surface area contributed by atoms with Gasteiger partial charge in [-0.15, -0.1) is 11.6 Å². The highest BCUT2D eigenvalue weighted by molar-refractivity contribution is 6.31. The summed E-state index contributed by atoms with van der Waals surface area (Å²) in [4.78, 5) is 4.25. The summed E-state index contributed by atoms with van der Waals surface area (Å²) in [6.45, 7) is 0. The first-order valence-electron chi connectivity index (χ1n) is 4.64. The van der Waals surface area contributed by atoms with Crippen LogP contribution >= 0.6 is 23.2 Å². The van der Waals surface area contributed by atoms with Gasteiger partial charge in [-0.3, -0.25) is 0 Å². The summed E-state index contributed by atoms with van der Waals surface area (Å²) < 4.78 is 15.1. The van der Waals surface area contributed by atoms with Gasteiger partial charge in [0.2, 0.25) is 0 Å². The van der Waals surface area contributed by atoms with Crippen molar-refractivity contribution >= 4 is 34.2 Å². The van der Waals surface area contributed by atoms with E-state index in [2.05, 4.69) is 4.98 Å². The molecule has 2 aromatic rings. The number of benzene rings is 1. The molecule has 3 nitrogen and oxygen atoms in total. The summed E-state index contributed by atoms with van der Waals surface area (Å²) in [7, 11) is 3.71. The number of halogens is 3. The van der Waals surface area contributed by atoms with Gasteiger partial charge in [0, 0.05) is 20.2 Å². The minimum Gasteiger partial charge on any atom is -0.317 e. The summed E-state index contributed by atoms with van der Waals surface area (Å²) in [5.74, 6) is 0.438. The maximum atomic E-state index is 13.3. The molecule has 0 bridgehead atoms. The van der Waals surface area contributed by atoms with E-state index in [1.54, 1.807) is 10.7 Å². The van der Waals surface area contributed by atoms with Crippen molar-refractivity contribution in [2.45, 2.75) is 5.88 Å². The largest absolute Gasteiger partial charge is 0.317 e. The molecule has 0 atom stereocenters. The Morgan fingerprint density at radius 3 is 2.69 bits per heavy atom. The summed E-state index contributed by atoms with van der Waals surface area (Å²) in [6, 6.07) is 2.86. The fourth-order valence-corrected chi connectivity index (χ4v) is 1.97. The van der Waals surface area contributed by atoms with Gasteiger partial charge in [0.05, 0.1) is 21.9 Å². The molecular weight excluding hydrogens is 252 g/mol. The highest BCUT2D eigenvalue weighted by atomic mass is 35.5. The van der Waals surface area contributed by atoms with Crippen LogP contribution in [0.25, 0.3) is 11.0 Å². The summed E-state index contributed by atoms with van der Waals surface area (Å²) in [6.07, 6.45) is 0. The molecule has 0 N–H and O–H groups in total. The number of aromatic nitrogens is 2. The molecule has 0 saturated carbocycles. The van der Waals surface area contributed by atoms with Gasteiger partial charge in [0.1, 0.15) is 11.6 Å². The van der Waals surface area contributed by atoms with Gasteiger partial charge in [-0.05, 0) is 6.07 Å². The highest BCUT2D eigenvalue weighted by Crippen LogP contribution is 2.24. The van der Waals surface area contributed by atoms with Gasteiger partial charge in [-0.25, -0.2) is 14.1 Å². The van der Waals surface area contributed by atoms with E-state index in [0.29, 0.717) is 11.3 Å². The summed E-state index contributed by atoms with van der Waals surface area (Å²) in [5, 5.41) is 1.90. The van der Waals surface area contributed by atoms with Crippen molar-refractivity contribution in [2.75, 3.05) is 19.1 Å². The molecule has 0 aliphatic heterocycles. The third kappa shape index (κ3) is 1.72. The normalized spacial score (nSPS) is 11.1. The second-order valence-corrected chi connectivity index (χ2v) is 4.25. The minimum absolute atomic E-state index is 0.0802. The fourth-order valence-electron chi connectivity index (χ4n) is 1.64. The first-order chi connectivity index (χ1) is 7.54. The van der Waals surface area contributed by atoms with E-state index in [1.165, 1.54) is 6.07 Å².